The Kier molecular flexibility index (Phi) is 5.75. The highest BCUT2D eigenvalue weighted by Crippen LogP contribution is 2.27. The summed E-state index contributed by atoms with van der Waals surface area (Å²) in [5.41, 5.74) is 3.37. The number of hydrogen-bond donors (Lipinski definition) is 2. The van der Waals surface area contributed by atoms with E-state index in [1.807, 2.05) is 36.4 Å². The Hall–Kier alpha value is -3.41. The van der Waals surface area contributed by atoms with Crippen molar-refractivity contribution in [2.24, 2.45) is 0 Å². The molecule has 1 aromatic heterocycles. The molecular formula is C24H23N5O2S. The Morgan fingerprint density at radius 2 is 2.16 bits per heavy atom. The summed E-state index contributed by atoms with van der Waals surface area (Å²) in [6.45, 7) is 3.39. The van der Waals surface area contributed by atoms with Crippen molar-refractivity contribution in [2.45, 2.75) is 25.5 Å². The summed E-state index contributed by atoms with van der Waals surface area (Å²) in [5, 5.41) is 15.9. The van der Waals surface area contributed by atoms with Crippen molar-refractivity contribution in [2.75, 3.05) is 29.9 Å². The predicted octanol–water partition coefficient (Wildman–Crippen LogP) is 3.57. The predicted molar refractivity (Wildman–Crippen MR) is 124 cm³/mol. The lowest BCUT2D eigenvalue weighted by Gasteiger charge is -2.19. The monoisotopic (exact) mass is 445 g/mol. The Morgan fingerprint density at radius 3 is 2.97 bits per heavy atom. The fraction of sp³-hybridized carbons (Fsp3) is 0.292. The third-order valence-electron chi connectivity index (χ3n) is 5.73. The average molecular weight is 446 g/mol. The number of amides is 1. The Bertz CT molecular complexity index is 1140. The van der Waals surface area contributed by atoms with Gasteiger partial charge < -0.3 is 15.0 Å². The Morgan fingerprint density at radius 1 is 1.28 bits per heavy atom. The highest BCUT2D eigenvalue weighted by Gasteiger charge is 2.24. The van der Waals surface area contributed by atoms with Crippen LogP contribution in [0.15, 0.2) is 48.5 Å². The van der Waals surface area contributed by atoms with E-state index in [4.69, 9.17) is 10.00 Å². The molecule has 0 spiro atoms. The molecule has 3 heterocycles. The van der Waals surface area contributed by atoms with Crippen LogP contribution in [0.5, 0.6) is 5.75 Å². The van der Waals surface area contributed by atoms with Crippen molar-refractivity contribution in [3.8, 4) is 11.8 Å². The second kappa shape index (κ2) is 8.99. The number of ether oxygens (including phenoxy) is 1. The van der Waals surface area contributed by atoms with Gasteiger partial charge in [0.05, 0.1) is 23.9 Å². The van der Waals surface area contributed by atoms with Gasteiger partial charge >= 0.3 is 0 Å². The zero-order valence-corrected chi connectivity index (χ0v) is 18.3. The molecule has 162 valence electrons. The van der Waals surface area contributed by atoms with Crippen molar-refractivity contribution in [3.05, 3.63) is 70.2 Å². The third kappa shape index (κ3) is 4.44. The third-order valence-corrected chi connectivity index (χ3v) is 6.74. The van der Waals surface area contributed by atoms with Crippen LogP contribution in [-0.4, -0.2) is 36.6 Å². The molecule has 2 aliphatic heterocycles. The van der Waals surface area contributed by atoms with E-state index < -0.39 is 0 Å². The van der Waals surface area contributed by atoms with Crippen LogP contribution >= 0.6 is 11.3 Å². The summed E-state index contributed by atoms with van der Waals surface area (Å²) < 4.78 is 6.18. The number of thiazole rings is 1. The molecule has 0 aliphatic carbocycles. The molecule has 0 radical (unpaired) electrons. The van der Waals surface area contributed by atoms with Crippen LogP contribution in [0.2, 0.25) is 0 Å². The number of benzene rings is 2. The quantitative estimate of drug-likeness (QED) is 0.624. The molecule has 3 aromatic rings. The molecule has 2 aromatic carbocycles. The topological polar surface area (TPSA) is 90.3 Å². The maximum absolute atomic E-state index is 12.8. The second-order valence-corrected chi connectivity index (χ2v) is 9.01. The van der Waals surface area contributed by atoms with Gasteiger partial charge in [0.25, 0.3) is 5.91 Å². The number of nitriles is 1. The average Bonchev–Trinajstić information content (AvgIpc) is 3.46. The van der Waals surface area contributed by atoms with Crippen LogP contribution in [0.3, 0.4) is 0 Å². The SMILES string of the molecule is N#Cc1ccc(N2CCC(Oc3cccc(C(=O)Nc4nc5c(s4)CNCC5)c3)C2)cc1. The summed E-state index contributed by atoms with van der Waals surface area (Å²) in [4.78, 5) is 20.8. The summed E-state index contributed by atoms with van der Waals surface area (Å²) >= 11 is 1.53. The zero-order valence-electron chi connectivity index (χ0n) is 17.5. The summed E-state index contributed by atoms with van der Waals surface area (Å²) in [5.74, 6) is 0.507. The highest BCUT2D eigenvalue weighted by atomic mass is 32.1. The van der Waals surface area contributed by atoms with Crippen LogP contribution in [0, 0.1) is 11.3 Å². The van der Waals surface area contributed by atoms with Crippen molar-refractivity contribution in [1.29, 1.82) is 5.26 Å². The molecule has 0 bridgehead atoms. The maximum atomic E-state index is 12.8. The van der Waals surface area contributed by atoms with Crippen molar-refractivity contribution < 1.29 is 9.53 Å². The summed E-state index contributed by atoms with van der Waals surface area (Å²) in [6.07, 6.45) is 1.84. The first kappa shape index (κ1) is 20.5. The number of carbonyl (C=O) groups is 1. The molecule has 5 rings (SSSR count). The van der Waals surface area contributed by atoms with Crippen molar-refractivity contribution >= 4 is 28.1 Å². The van der Waals surface area contributed by atoms with E-state index in [0.29, 0.717) is 22.0 Å². The van der Waals surface area contributed by atoms with E-state index in [9.17, 15) is 4.79 Å². The van der Waals surface area contributed by atoms with Crippen LogP contribution in [0.25, 0.3) is 0 Å². The van der Waals surface area contributed by atoms with Gasteiger partial charge in [-0.15, -0.1) is 11.3 Å². The minimum absolute atomic E-state index is 0.0436. The maximum Gasteiger partial charge on any atom is 0.257 e. The first-order chi connectivity index (χ1) is 15.7. The molecule has 1 saturated heterocycles. The van der Waals surface area contributed by atoms with Crippen molar-refractivity contribution in [1.82, 2.24) is 10.3 Å². The fourth-order valence-electron chi connectivity index (χ4n) is 4.06. The summed E-state index contributed by atoms with van der Waals surface area (Å²) in [6, 6.07) is 17.1. The number of hydrogen-bond acceptors (Lipinski definition) is 7. The fourth-order valence-corrected chi connectivity index (χ4v) is 5.03. The smallest absolute Gasteiger partial charge is 0.257 e. The summed E-state index contributed by atoms with van der Waals surface area (Å²) in [7, 11) is 0. The number of nitrogens with one attached hydrogen (secondary N) is 2. The minimum atomic E-state index is -0.180. The normalized spacial score (nSPS) is 17.5. The van der Waals surface area contributed by atoms with Gasteiger partial charge in [-0.25, -0.2) is 4.98 Å². The molecule has 32 heavy (non-hydrogen) atoms. The molecule has 0 saturated carbocycles. The molecule has 2 aliphatic rings. The van der Waals surface area contributed by atoms with Gasteiger partial charge in [0, 0.05) is 48.6 Å². The highest BCUT2D eigenvalue weighted by molar-refractivity contribution is 7.15. The van der Waals surface area contributed by atoms with Gasteiger partial charge in [0.15, 0.2) is 5.13 Å². The van der Waals surface area contributed by atoms with Gasteiger partial charge in [0.2, 0.25) is 0 Å². The van der Waals surface area contributed by atoms with Crippen molar-refractivity contribution in [3.63, 3.8) is 0 Å². The molecule has 1 unspecified atom stereocenters. The molecule has 1 amide bonds. The number of nitrogens with zero attached hydrogens (tertiary/aromatic N) is 3. The lowest BCUT2D eigenvalue weighted by atomic mass is 10.2. The first-order valence-corrected chi connectivity index (χ1v) is 11.5. The van der Waals surface area contributed by atoms with Gasteiger partial charge in [-0.2, -0.15) is 5.26 Å². The van der Waals surface area contributed by atoms with E-state index >= 15 is 0 Å². The minimum Gasteiger partial charge on any atom is -0.488 e. The largest absolute Gasteiger partial charge is 0.488 e. The molecule has 7 nitrogen and oxygen atoms in total. The van der Waals surface area contributed by atoms with E-state index in [0.717, 1.165) is 50.4 Å². The number of fused-ring (bicyclic) bond motifs is 1. The van der Waals surface area contributed by atoms with Crippen LogP contribution in [0.1, 0.15) is 32.9 Å². The molecule has 8 heteroatoms. The number of aromatic nitrogens is 1. The molecular weight excluding hydrogens is 422 g/mol. The Balaban J connectivity index is 1.21. The van der Waals surface area contributed by atoms with Gasteiger partial charge in [-0.3, -0.25) is 10.1 Å². The van der Waals surface area contributed by atoms with Gasteiger partial charge in [0.1, 0.15) is 11.9 Å². The zero-order chi connectivity index (χ0) is 21.9. The lowest BCUT2D eigenvalue weighted by molar-refractivity contribution is 0.102. The van der Waals surface area contributed by atoms with E-state index in [1.54, 1.807) is 12.1 Å². The van der Waals surface area contributed by atoms with Crippen LogP contribution in [-0.2, 0) is 13.0 Å². The number of anilines is 2. The van der Waals surface area contributed by atoms with E-state index in [1.165, 1.54) is 16.2 Å². The molecule has 2 N–H and O–H groups in total. The van der Waals surface area contributed by atoms with E-state index in [2.05, 4.69) is 26.6 Å². The van der Waals surface area contributed by atoms with E-state index in [-0.39, 0.29) is 12.0 Å². The second-order valence-electron chi connectivity index (χ2n) is 7.93. The van der Waals surface area contributed by atoms with Gasteiger partial charge in [-0.05, 0) is 42.5 Å². The lowest BCUT2D eigenvalue weighted by Crippen LogP contribution is -2.24. The number of carbonyl (C=O) groups excluding carboxylic acids is 1. The molecule has 1 fully saturated rings. The molecule has 1 atom stereocenters. The van der Waals surface area contributed by atoms with Crippen LogP contribution < -0.4 is 20.3 Å². The Labute approximate surface area is 190 Å². The number of rotatable bonds is 5. The first-order valence-electron chi connectivity index (χ1n) is 10.7. The van der Waals surface area contributed by atoms with Crippen LogP contribution in [0.4, 0.5) is 10.8 Å². The standard InChI is InChI=1S/C24H23N5O2S/c25-13-16-4-6-18(7-5-16)29-11-9-20(15-29)31-19-3-1-2-17(12-19)23(30)28-24-27-21-8-10-26-14-22(21)32-24/h1-7,12,20,26H,8-11,14-15H2,(H,27,28,30). The van der Waals surface area contributed by atoms with Gasteiger partial charge in [-0.1, -0.05) is 6.07 Å².